The molecule has 4 nitrogen and oxygen atoms in total. The van der Waals surface area contributed by atoms with Crippen LogP contribution in [0.1, 0.15) is 28.4 Å². The first-order chi connectivity index (χ1) is 8.83. The van der Waals surface area contributed by atoms with Crippen molar-refractivity contribution in [3.05, 3.63) is 34.9 Å². The monoisotopic (exact) mass is 281 g/mol. The van der Waals surface area contributed by atoms with Gasteiger partial charge in [0.1, 0.15) is 0 Å². The summed E-state index contributed by atoms with van der Waals surface area (Å²) < 4.78 is 23.3. The quantitative estimate of drug-likeness (QED) is 0.845. The molecule has 0 radical (unpaired) electrons. The molecule has 1 fully saturated rings. The summed E-state index contributed by atoms with van der Waals surface area (Å²) in [4.78, 5) is 13.8. The van der Waals surface area contributed by atoms with E-state index in [-0.39, 0.29) is 16.9 Å². The number of carbonyl (C=O) groups excluding carboxylic acids is 1. The molecule has 19 heavy (non-hydrogen) atoms. The largest absolute Gasteiger partial charge is 0.336 e. The SMILES string of the molecule is CCS(=O)(=O)C1CN(C(=O)c2cc(C)cc(C)c2)C1. The van der Waals surface area contributed by atoms with Crippen molar-refractivity contribution in [3.8, 4) is 0 Å². The van der Waals surface area contributed by atoms with E-state index in [0.717, 1.165) is 11.1 Å². The molecule has 2 rings (SSSR count). The first-order valence-corrected chi connectivity index (χ1v) is 8.14. The molecule has 1 aliphatic heterocycles. The van der Waals surface area contributed by atoms with Crippen molar-refractivity contribution in [2.75, 3.05) is 18.8 Å². The zero-order valence-electron chi connectivity index (χ0n) is 11.5. The molecule has 1 heterocycles. The molecular formula is C14H19NO3S. The Balaban J connectivity index is 2.08. The molecule has 104 valence electrons. The number of amides is 1. The summed E-state index contributed by atoms with van der Waals surface area (Å²) in [6.07, 6.45) is 0. The molecule has 0 bridgehead atoms. The molecule has 0 unspecified atom stereocenters. The number of aryl methyl sites for hydroxylation is 2. The van der Waals surface area contributed by atoms with Crippen LogP contribution in [-0.4, -0.2) is 43.3 Å². The highest BCUT2D eigenvalue weighted by molar-refractivity contribution is 7.92. The van der Waals surface area contributed by atoms with Gasteiger partial charge in [-0.2, -0.15) is 0 Å². The fraction of sp³-hybridized carbons (Fsp3) is 0.500. The molecule has 1 aliphatic rings. The van der Waals surface area contributed by atoms with Crippen molar-refractivity contribution in [1.82, 2.24) is 4.90 Å². The third kappa shape index (κ3) is 2.81. The summed E-state index contributed by atoms with van der Waals surface area (Å²) in [5, 5.41) is -0.382. The highest BCUT2D eigenvalue weighted by atomic mass is 32.2. The van der Waals surface area contributed by atoms with E-state index in [1.165, 1.54) is 0 Å². The van der Waals surface area contributed by atoms with Crippen molar-refractivity contribution in [2.45, 2.75) is 26.0 Å². The lowest BCUT2D eigenvalue weighted by molar-refractivity contribution is 0.0659. The lowest BCUT2D eigenvalue weighted by atomic mass is 10.0. The van der Waals surface area contributed by atoms with Crippen LogP contribution in [-0.2, 0) is 9.84 Å². The van der Waals surface area contributed by atoms with Crippen LogP contribution in [0.5, 0.6) is 0 Å². The van der Waals surface area contributed by atoms with Gasteiger partial charge in [0.2, 0.25) is 0 Å². The Morgan fingerprint density at radius 1 is 1.21 bits per heavy atom. The predicted molar refractivity (Wildman–Crippen MR) is 75.1 cm³/mol. The molecule has 0 N–H and O–H groups in total. The summed E-state index contributed by atoms with van der Waals surface area (Å²) in [6, 6.07) is 5.70. The van der Waals surface area contributed by atoms with E-state index in [1.54, 1.807) is 11.8 Å². The van der Waals surface area contributed by atoms with E-state index >= 15 is 0 Å². The highest BCUT2D eigenvalue weighted by Crippen LogP contribution is 2.20. The second kappa shape index (κ2) is 4.96. The van der Waals surface area contributed by atoms with Crippen molar-refractivity contribution >= 4 is 15.7 Å². The van der Waals surface area contributed by atoms with Gasteiger partial charge in [-0.05, 0) is 26.0 Å². The number of carbonyl (C=O) groups is 1. The van der Waals surface area contributed by atoms with E-state index < -0.39 is 9.84 Å². The average molecular weight is 281 g/mol. The average Bonchev–Trinajstić information content (AvgIpc) is 2.25. The molecule has 0 aliphatic carbocycles. The van der Waals surface area contributed by atoms with Crippen LogP contribution < -0.4 is 0 Å². The Morgan fingerprint density at radius 3 is 2.21 bits per heavy atom. The summed E-state index contributed by atoms with van der Waals surface area (Å²) in [7, 11) is -3.02. The van der Waals surface area contributed by atoms with Crippen molar-refractivity contribution in [3.63, 3.8) is 0 Å². The molecule has 1 amide bonds. The Bertz CT molecular complexity index is 581. The Hall–Kier alpha value is -1.36. The minimum absolute atomic E-state index is 0.0747. The normalized spacial score (nSPS) is 16.3. The van der Waals surface area contributed by atoms with Gasteiger partial charge in [-0.25, -0.2) is 8.42 Å². The molecule has 1 aromatic rings. The van der Waals surface area contributed by atoms with Crippen LogP contribution in [0.4, 0.5) is 0 Å². The fourth-order valence-electron chi connectivity index (χ4n) is 2.35. The van der Waals surface area contributed by atoms with E-state index in [2.05, 4.69) is 0 Å². The van der Waals surface area contributed by atoms with E-state index in [1.807, 2.05) is 32.0 Å². The highest BCUT2D eigenvalue weighted by Gasteiger charge is 2.38. The number of benzene rings is 1. The molecule has 1 aromatic carbocycles. The molecule has 1 saturated heterocycles. The number of sulfone groups is 1. The second-order valence-electron chi connectivity index (χ2n) is 5.16. The molecule has 5 heteroatoms. The van der Waals surface area contributed by atoms with Gasteiger partial charge in [0.15, 0.2) is 9.84 Å². The van der Waals surface area contributed by atoms with Crippen LogP contribution in [0.15, 0.2) is 18.2 Å². The van der Waals surface area contributed by atoms with Crippen LogP contribution in [0.25, 0.3) is 0 Å². The van der Waals surface area contributed by atoms with Gasteiger partial charge in [-0.3, -0.25) is 4.79 Å². The molecular weight excluding hydrogens is 262 g/mol. The number of hydrogen-bond acceptors (Lipinski definition) is 3. The number of nitrogens with zero attached hydrogens (tertiary/aromatic N) is 1. The van der Waals surface area contributed by atoms with Gasteiger partial charge in [0.25, 0.3) is 5.91 Å². The molecule has 0 saturated carbocycles. The fourth-order valence-corrected chi connectivity index (χ4v) is 3.63. The van der Waals surface area contributed by atoms with E-state index in [9.17, 15) is 13.2 Å². The van der Waals surface area contributed by atoms with Gasteiger partial charge in [-0.15, -0.1) is 0 Å². The third-order valence-electron chi connectivity index (χ3n) is 3.51. The summed E-state index contributed by atoms with van der Waals surface area (Å²) >= 11 is 0. The van der Waals surface area contributed by atoms with Gasteiger partial charge >= 0.3 is 0 Å². The topological polar surface area (TPSA) is 54.5 Å². The van der Waals surface area contributed by atoms with Crippen LogP contribution in [0, 0.1) is 13.8 Å². The standard InChI is InChI=1S/C14H19NO3S/c1-4-19(17,18)13-8-15(9-13)14(16)12-6-10(2)5-11(3)7-12/h5-7,13H,4,8-9H2,1-3H3. The lowest BCUT2D eigenvalue weighted by Crippen LogP contribution is -2.57. The zero-order chi connectivity index (χ0) is 14.2. The minimum atomic E-state index is -3.02. The van der Waals surface area contributed by atoms with E-state index in [4.69, 9.17) is 0 Å². The van der Waals surface area contributed by atoms with Gasteiger partial charge in [0, 0.05) is 24.4 Å². The van der Waals surface area contributed by atoms with Crippen molar-refractivity contribution in [1.29, 1.82) is 0 Å². The predicted octanol–water partition coefficient (Wildman–Crippen LogP) is 1.56. The van der Waals surface area contributed by atoms with Gasteiger partial charge in [0.05, 0.1) is 5.25 Å². The van der Waals surface area contributed by atoms with Crippen LogP contribution in [0.3, 0.4) is 0 Å². The van der Waals surface area contributed by atoms with Crippen LogP contribution >= 0.6 is 0 Å². The van der Waals surface area contributed by atoms with E-state index in [0.29, 0.717) is 18.7 Å². The smallest absolute Gasteiger partial charge is 0.253 e. The zero-order valence-corrected chi connectivity index (χ0v) is 12.3. The third-order valence-corrected chi connectivity index (χ3v) is 5.63. The number of likely N-dealkylation sites (tertiary alicyclic amines) is 1. The maximum absolute atomic E-state index is 12.2. The summed E-state index contributed by atoms with van der Waals surface area (Å²) in [5.74, 6) is 0.0674. The first kappa shape index (κ1) is 14.1. The van der Waals surface area contributed by atoms with Crippen LogP contribution in [0.2, 0.25) is 0 Å². The molecule has 0 spiro atoms. The summed E-state index contributed by atoms with van der Waals surface area (Å²) in [6.45, 7) is 6.18. The maximum atomic E-state index is 12.2. The Morgan fingerprint density at radius 2 is 1.74 bits per heavy atom. The first-order valence-electron chi connectivity index (χ1n) is 6.42. The molecule has 0 aromatic heterocycles. The Kier molecular flexibility index (Phi) is 3.67. The van der Waals surface area contributed by atoms with Gasteiger partial charge in [-0.1, -0.05) is 24.1 Å². The minimum Gasteiger partial charge on any atom is -0.336 e. The maximum Gasteiger partial charge on any atom is 0.253 e. The Labute approximate surface area is 114 Å². The van der Waals surface area contributed by atoms with Crippen molar-refractivity contribution in [2.24, 2.45) is 0 Å². The second-order valence-corrected chi connectivity index (χ2v) is 7.73. The molecule has 0 atom stereocenters. The van der Waals surface area contributed by atoms with Gasteiger partial charge < -0.3 is 4.90 Å². The lowest BCUT2D eigenvalue weighted by Gasteiger charge is -2.38. The van der Waals surface area contributed by atoms with Crippen molar-refractivity contribution < 1.29 is 13.2 Å². The number of rotatable bonds is 3. The number of hydrogen-bond donors (Lipinski definition) is 0. The summed E-state index contributed by atoms with van der Waals surface area (Å²) in [5.41, 5.74) is 2.73.